The van der Waals surface area contributed by atoms with Gasteiger partial charge in [-0.25, -0.2) is 4.79 Å². The number of alkyl carbamates (subject to hydrolysis) is 1. The molecule has 1 aromatic carbocycles. The zero-order chi connectivity index (χ0) is 15.3. The van der Waals surface area contributed by atoms with Gasteiger partial charge in [0.05, 0.1) is 4.47 Å². The second kappa shape index (κ2) is 6.95. The minimum atomic E-state index is -0.525. The molecule has 0 radical (unpaired) electrons. The van der Waals surface area contributed by atoms with Gasteiger partial charge in [-0.15, -0.1) is 0 Å². The zero-order valence-electron chi connectivity index (χ0n) is 11.9. The van der Waals surface area contributed by atoms with E-state index in [9.17, 15) is 9.90 Å². The van der Waals surface area contributed by atoms with Crippen molar-refractivity contribution >= 4 is 22.0 Å². The molecule has 112 valence electrons. The largest absolute Gasteiger partial charge is 0.507 e. The molecule has 0 saturated heterocycles. The molecular formula is C14H21BrN2O3. The summed E-state index contributed by atoms with van der Waals surface area (Å²) in [6.45, 7) is 5.71. The Hall–Kier alpha value is -1.27. The fourth-order valence-electron chi connectivity index (χ4n) is 1.61. The Balaban J connectivity index is 2.46. The Labute approximate surface area is 127 Å². The number of nitrogens with one attached hydrogen (secondary N) is 1. The monoisotopic (exact) mass is 344 g/mol. The maximum Gasteiger partial charge on any atom is 0.407 e. The van der Waals surface area contributed by atoms with E-state index in [-0.39, 0.29) is 11.8 Å². The highest BCUT2D eigenvalue weighted by Crippen LogP contribution is 2.27. The minimum Gasteiger partial charge on any atom is -0.507 e. The summed E-state index contributed by atoms with van der Waals surface area (Å²) in [4.78, 5) is 11.5. The topological polar surface area (TPSA) is 84.6 Å². The fourth-order valence-corrected chi connectivity index (χ4v) is 2.03. The van der Waals surface area contributed by atoms with Crippen LogP contribution >= 0.6 is 15.9 Å². The number of phenolic OH excluding ortho intramolecular Hbond substituents is 1. The van der Waals surface area contributed by atoms with Crippen molar-refractivity contribution in [3.05, 3.63) is 28.2 Å². The van der Waals surface area contributed by atoms with E-state index in [1.807, 2.05) is 6.07 Å². The second-order valence-corrected chi connectivity index (χ2v) is 6.39. The van der Waals surface area contributed by atoms with Crippen molar-refractivity contribution in [2.45, 2.75) is 38.8 Å². The van der Waals surface area contributed by atoms with E-state index in [2.05, 4.69) is 21.2 Å². The first-order valence-corrected chi connectivity index (χ1v) is 7.17. The second-order valence-electron chi connectivity index (χ2n) is 5.60. The highest BCUT2D eigenvalue weighted by atomic mass is 79.9. The molecule has 0 spiro atoms. The van der Waals surface area contributed by atoms with E-state index in [1.54, 1.807) is 32.9 Å². The molecule has 0 fully saturated rings. The molecule has 1 rings (SSSR count). The fraction of sp³-hybridized carbons (Fsp3) is 0.500. The molecular weight excluding hydrogens is 324 g/mol. The first kappa shape index (κ1) is 16.8. The molecule has 20 heavy (non-hydrogen) atoms. The van der Waals surface area contributed by atoms with E-state index in [0.717, 1.165) is 5.56 Å². The summed E-state index contributed by atoms with van der Waals surface area (Å²) in [7, 11) is 0. The van der Waals surface area contributed by atoms with Gasteiger partial charge in [0.2, 0.25) is 0 Å². The van der Waals surface area contributed by atoms with E-state index < -0.39 is 11.7 Å². The number of benzene rings is 1. The van der Waals surface area contributed by atoms with Gasteiger partial charge in [-0.2, -0.15) is 0 Å². The predicted octanol–water partition coefficient (Wildman–Crippen LogP) is 2.55. The van der Waals surface area contributed by atoms with Crippen molar-refractivity contribution in [1.29, 1.82) is 0 Å². The maximum atomic E-state index is 11.5. The molecule has 0 saturated carbocycles. The molecule has 0 aliphatic carbocycles. The van der Waals surface area contributed by atoms with Crippen LogP contribution in [0.15, 0.2) is 22.7 Å². The standard InChI is InChI=1S/C14H21BrN2O3/c1-14(2,3)20-13(19)17-8-10(16)7-9-5-4-6-11(18)12(9)15/h4-6,10,18H,7-8,16H2,1-3H3,(H,17,19). The first-order valence-electron chi connectivity index (χ1n) is 6.38. The Bertz CT molecular complexity index is 472. The molecule has 1 unspecified atom stereocenters. The molecule has 1 atom stereocenters. The summed E-state index contributed by atoms with van der Waals surface area (Å²) in [5, 5.41) is 12.2. The average Bonchev–Trinajstić information content (AvgIpc) is 2.30. The van der Waals surface area contributed by atoms with Crippen LogP contribution in [0, 0.1) is 0 Å². The average molecular weight is 345 g/mol. The lowest BCUT2D eigenvalue weighted by Gasteiger charge is -2.21. The first-order chi connectivity index (χ1) is 9.19. The third-order valence-electron chi connectivity index (χ3n) is 2.45. The van der Waals surface area contributed by atoms with Crippen LogP contribution in [0.2, 0.25) is 0 Å². The van der Waals surface area contributed by atoms with Crippen LogP contribution in [0.4, 0.5) is 4.79 Å². The summed E-state index contributed by atoms with van der Waals surface area (Å²) in [6, 6.07) is 4.96. The van der Waals surface area contributed by atoms with Gasteiger partial charge >= 0.3 is 6.09 Å². The van der Waals surface area contributed by atoms with Crippen LogP contribution in [0.3, 0.4) is 0 Å². The van der Waals surface area contributed by atoms with Crippen LogP contribution in [0.5, 0.6) is 5.75 Å². The predicted molar refractivity (Wildman–Crippen MR) is 81.7 cm³/mol. The number of phenols is 1. The Kier molecular flexibility index (Phi) is 5.83. The van der Waals surface area contributed by atoms with Gasteiger partial charge in [0.1, 0.15) is 11.4 Å². The van der Waals surface area contributed by atoms with Crippen LogP contribution in [-0.2, 0) is 11.2 Å². The van der Waals surface area contributed by atoms with Crippen LogP contribution < -0.4 is 11.1 Å². The van der Waals surface area contributed by atoms with Crippen LogP contribution in [-0.4, -0.2) is 29.4 Å². The highest BCUT2D eigenvalue weighted by molar-refractivity contribution is 9.10. The summed E-state index contributed by atoms with van der Waals surface area (Å²) in [5.41, 5.74) is 6.33. The van der Waals surface area contributed by atoms with E-state index in [1.165, 1.54) is 0 Å². The number of carbonyl (C=O) groups excluding carboxylic acids is 1. The highest BCUT2D eigenvalue weighted by Gasteiger charge is 2.17. The maximum absolute atomic E-state index is 11.5. The van der Waals surface area contributed by atoms with Gasteiger partial charge in [-0.05, 0) is 54.8 Å². The number of amides is 1. The van der Waals surface area contributed by atoms with Gasteiger partial charge in [0, 0.05) is 12.6 Å². The molecule has 0 aromatic heterocycles. The SMILES string of the molecule is CC(C)(C)OC(=O)NCC(N)Cc1cccc(O)c1Br. The third kappa shape index (κ3) is 5.79. The Morgan fingerprint density at radius 1 is 1.50 bits per heavy atom. The van der Waals surface area contributed by atoms with Crippen molar-refractivity contribution in [3.63, 3.8) is 0 Å². The Morgan fingerprint density at radius 3 is 2.75 bits per heavy atom. The molecule has 0 heterocycles. The number of aromatic hydroxyl groups is 1. The van der Waals surface area contributed by atoms with Gasteiger partial charge in [-0.3, -0.25) is 0 Å². The van der Waals surface area contributed by atoms with Crippen molar-refractivity contribution in [3.8, 4) is 5.75 Å². The normalized spacial score (nSPS) is 12.8. The van der Waals surface area contributed by atoms with Gasteiger partial charge in [0.15, 0.2) is 0 Å². The summed E-state index contributed by atoms with van der Waals surface area (Å²) in [6.07, 6.45) is 0.0491. The summed E-state index contributed by atoms with van der Waals surface area (Å²) in [5.74, 6) is 0.176. The summed E-state index contributed by atoms with van der Waals surface area (Å²) < 4.78 is 5.76. The number of hydrogen-bond donors (Lipinski definition) is 3. The van der Waals surface area contributed by atoms with Gasteiger partial charge in [-0.1, -0.05) is 12.1 Å². The van der Waals surface area contributed by atoms with Crippen molar-refractivity contribution < 1.29 is 14.6 Å². The minimum absolute atomic E-state index is 0.176. The molecule has 0 bridgehead atoms. The van der Waals surface area contributed by atoms with Crippen molar-refractivity contribution in [1.82, 2.24) is 5.32 Å². The lowest BCUT2D eigenvalue weighted by atomic mass is 10.1. The van der Waals surface area contributed by atoms with Crippen LogP contribution in [0.1, 0.15) is 26.3 Å². The molecule has 1 amide bonds. The summed E-state index contributed by atoms with van der Waals surface area (Å²) >= 11 is 3.31. The molecule has 5 nitrogen and oxygen atoms in total. The lowest BCUT2D eigenvalue weighted by molar-refractivity contribution is 0.0524. The van der Waals surface area contributed by atoms with E-state index >= 15 is 0 Å². The number of hydrogen-bond acceptors (Lipinski definition) is 4. The number of halogens is 1. The van der Waals surface area contributed by atoms with Crippen molar-refractivity contribution in [2.24, 2.45) is 5.73 Å². The quantitative estimate of drug-likeness (QED) is 0.783. The Morgan fingerprint density at radius 2 is 2.15 bits per heavy atom. The smallest absolute Gasteiger partial charge is 0.407 e. The third-order valence-corrected chi connectivity index (χ3v) is 3.36. The lowest BCUT2D eigenvalue weighted by Crippen LogP contribution is -2.41. The number of ether oxygens (including phenoxy) is 1. The molecule has 0 aliphatic rings. The van der Waals surface area contributed by atoms with Crippen molar-refractivity contribution in [2.75, 3.05) is 6.54 Å². The van der Waals surface area contributed by atoms with Gasteiger partial charge < -0.3 is 20.9 Å². The molecule has 1 aromatic rings. The number of nitrogens with two attached hydrogens (primary N) is 1. The van der Waals surface area contributed by atoms with E-state index in [4.69, 9.17) is 10.5 Å². The number of rotatable bonds is 4. The molecule has 6 heteroatoms. The zero-order valence-corrected chi connectivity index (χ0v) is 13.5. The number of carbonyl (C=O) groups is 1. The molecule has 4 N–H and O–H groups in total. The van der Waals surface area contributed by atoms with Gasteiger partial charge in [0.25, 0.3) is 0 Å². The van der Waals surface area contributed by atoms with Crippen LogP contribution in [0.25, 0.3) is 0 Å². The van der Waals surface area contributed by atoms with E-state index in [0.29, 0.717) is 17.4 Å². The molecule has 0 aliphatic heterocycles.